The second-order valence-corrected chi connectivity index (χ2v) is 7.38. The molecule has 0 saturated heterocycles. The normalized spacial score (nSPS) is 17.8. The van der Waals surface area contributed by atoms with Crippen LogP contribution in [0.3, 0.4) is 0 Å². The summed E-state index contributed by atoms with van der Waals surface area (Å²) in [5.74, 6) is 0.819. The Morgan fingerprint density at radius 1 is 1.41 bits per heavy atom. The number of sulfonamides is 1. The molecule has 7 heteroatoms. The molecule has 0 aliphatic carbocycles. The molecule has 22 heavy (non-hydrogen) atoms. The Morgan fingerprint density at radius 3 is 2.73 bits per heavy atom. The zero-order valence-corrected chi connectivity index (χ0v) is 13.6. The lowest BCUT2D eigenvalue weighted by Crippen LogP contribution is -2.29. The summed E-state index contributed by atoms with van der Waals surface area (Å²) in [5.41, 5.74) is 4.01. The number of aromatic nitrogens is 1. The number of benzene rings is 1. The zero-order valence-electron chi connectivity index (χ0n) is 12.8. The van der Waals surface area contributed by atoms with Crippen molar-refractivity contribution in [3.8, 4) is 0 Å². The van der Waals surface area contributed by atoms with Crippen molar-refractivity contribution in [2.75, 3.05) is 4.90 Å². The Balaban J connectivity index is 1.97. The molecule has 0 radical (unpaired) electrons. The lowest BCUT2D eigenvalue weighted by molar-refractivity contribution is 0.392. The van der Waals surface area contributed by atoms with E-state index < -0.39 is 10.0 Å². The quantitative estimate of drug-likeness (QED) is 0.932. The first-order chi connectivity index (χ1) is 10.3. The fourth-order valence-corrected chi connectivity index (χ4v) is 3.55. The Hall–Kier alpha value is -1.86. The summed E-state index contributed by atoms with van der Waals surface area (Å²) in [4.78, 5) is 2.41. The highest BCUT2D eigenvalue weighted by atomic mass is 32.2. The van der Waals surface area contributed by atoms with E-state index in [2.05, 4.69) is 17.0 Å². The molecule has 0 fully saturated rings. The van der Waals surface area contributed by atoms with Crippen LogP contribution < -0.4 is 10.0 Å². The van der Waals surface area contributed by atoms with Crippen molar-refractivity contribution in [3.63, 3.8) is 0 Å². The van der Waals surface area contributed by atoms with E-state index in [1.807, 2.05) is 19.9 Å². The van der Waals surface area contributed by atoms with E-state index in [1.54, 1.807) is 12.1 Å². The summed E-state index contributed by atoms with van der Waals surface area (Å²) in [5, 5.41) is 9.20. The minimum atomic E-state index is -3.67. The van der Waals surface area contributed by atoms with Gasteiger partial charge in [0.25, 0.3) is 0 Å². The number of primary sulfonamides is 1. The molecule has 1 aromatic heterocycles. The van der Waals surface area contributed by atoms with Crippen LogP contribution in [-0.4, -0.2) is 19.6 Å². The van der Waals surface area contributed by atoms with E-state index in [0.29, 0.717) is 6.54 Å². The average Bonchev–Trinajstić information content (AvgIpc) is 2.91. The summed E-state index contributed by atoms with van der Waals surface area (Å²) < 4.78 is 28.2. The summed E-state index contributed by atoms with van der Waals surface area (Å²) in [7, 11) is -3.67. The van der Waals surface area contributed by atoms with Gasteiger partial charge in [-0.2, -0.15) is 0 Å². The zero-order chi connectivity index (χ0) is 16.1. The van der Waals surface area contributed by atoms with Gasteiger partial charge in [-0.15, -0.1) is 0 Å². The van der Waals surface area contributed by atoms with Crippen molar-refractivity contribution in [1.29, 1.82) is 0 Å². The van der Waals surface area contributed by atoms with E-state index in [1.165, 1.54) is 0 Å². The molecular formula is C15H19N3O3S. The summed E-state index contributed by atoms with van der Waals surface area (Å²) >= 11 is 0. The van der Waals surface area contributed by atoms with E-state index in [9.17, 15) is 8.42 Å². The molecule has 0 saturated carbocycles. The van der Waals surface area contributed by atoms with Crippen LogP contribution in [0.5, 0.6) is 0 Å². The predicted octanol–water partition coefficient (Wildman–Crippen LogP) is 1.89. The molecule has 1 atom stereocenters. The molecule has 2 heterocycles. The highest BCUT2D eigenvalue weighted by Crippen LogP contribution is 2.35. The molecule has 1 aliphatic rings. The maximum absolute atomic E-state index is 11.5. The highest BCUT2D eigenvalue weighted by molar-refractivity contribution is 7.89. The molecule has 3 rings (SSSR count). The van der Waals surface area contributed by atoms with Gasteiger partial charge in [-0.3, -0.25) is 0 Å². The average molecular weight is 321 g/mol. The summed E-state index contributed by atoms with van der Waals surface area (Å²) in [6, 6.07) is 5.34. The van der Waals surface area contributed by atoms with Crippen molar-refractivity contribution >= 4 is 15.7 Å². The van der Waals surface area contributed by atoms with Gasteiger partial charge in [-0.05, 0) is 51.0 Å². The minimum absolute atomic E-state index is 0.164. The minimum Gasteiger partial charge on any atom is -0.364 e. The van der Waals surface area contributed by atoms with Gasteiger partial charge in [-0.25, -0.2) is 13.6 Å². The van der Waals surface area contributed by atoms with Crippen molar-refractivity contribution in [3.05, 3.63) is 40.8 Å². The number of hydrogen-bond acceptors (Lipinski definition) is 5. The van der Waals surface area contributed by atoms with E-state index in [4.69, 9.17) is 9.66 Å². The van der Waals surface area contributed by atoms with Crippen LogP contribution in [0, 0.1) is 13.8 Å². The van der Waals surface area contributed by atoms with E-state index >= 15 is 0 Å². The van der Waals surface area contributed by atoms with E-state index in [0.717, 1.165) is 34.7 Å². The lowest BCUT2D eigenvalue weighted by Gasteiger charge is -2.24. The Kier molecular flexibility index (Phi) is 3.49. The number of fused-ring (bicyclic) bond motifs is 1. The fourth-order valence-electron chi connectivity index (χ4n) is 2.99. The second kappa shape index (κ2) is 5.10. The summed E-state index contributed by atoms with van der Waals surface area (Å²) in [6.45, 7) is 6.65. The van der Waals surface area contributed by atoms with Crippen molar-refractivity contribution < 1.29 is 12.9 Å². The third kappa shape index (κ3) is 2.50. The number of rotatable bonds is 3. The Labute approximate surface area is 129 Å². The lowest BCUT2D eigenvalue weighted by atomic mass is 10.1. The van der Waals surface area contributed by atoms with Gasteiger partial charge in [0.05, 0.1) is 10.6 Å². The van der Waals surface area contributed by atoms with Gasteiger partial charge in [0.15, 0.2) is 0 Å². The van der Waals surface area contributed by atoms with Crippen LogP contribution in [0.1, 0.15) is 29.5 Å². The molecule has 1 aliphatic heterocycles. The summed E-state index contributed by atoms with van der Waals surface area (Å²) in [6.07, 6.45) is 0.794. The molecule has 118 valence electrons. The van der Waals surface area contributed by atoms with Crippen molar-refractivity contribution in [2.45, 2.75) is 44.7 Å². The number of hydrogen-bond donors (Lipinski definition) is 1. The monoisotopic (exact) mass is 321 g/mol. The number of nitrogens with zero attached hydrogens (tertiary/aromatic N) is 2. The highest BCUT2D eigenvalue weighted by Gasteiger charge is 2.28. The molecule has 2 N–H and O–H groups in total. The Morgan fingerprint density at radius 2 is 2.14 bits per heavy atom. The number of anilines is 1. The van der Waals surface area contributed by atoms with Crippen LogP contribution >= 0.6 is 0 Å². The van der Waals surface area contributed by atoms with Gasteiger partial charge in [0.2, 0.25) is 10.0 Å². The first-order valence-corrected chi connectivity index (χ1v) is 8.66. The van der Waals surface area contributed by atoms with Crippen molar-refractivity contribution in [2.24, 2.45) is 5.14 Å². The van der Waals surface area contributed by atoms with Gasteiger partial charge < -0.3 is 9.42 Å². The SMILES string of the molecule is Cc1noc(C)c1CN1c2ccc(S(N)(=O)=O)cc2C[C@H]1C. The second-order valence-electron chi connectivity index (χ2n) is 5.82. The van der Waals surface area contributed by atoms with Crippen LogP contribution in [-0.2, 0) is 23.0 Å². The van der Waals surface area contributed by atoms with Gasteiger partial charge >= 0.3 is 0 Å². The molecule has 2 aromatic rings. The number of aryl methyl sites for hydroxylation is 2. The van der Waals surface area contributed by atoms with Crippen LogP contribution in [0.2, 0.25) is 0 Å². The predicted molar refractivity (Wildman–Crippen MR) is 83.1 cm³/mol. The molecular weight excluding hydrogens is 302 g/mol. The molecule has 0 unspecified atom stereocenters. The number of nitrogens with two attached hydrogens (primary N) is 1. The third-order valence-electron chi connectivity index (χ3n) is 4.25. The van der Waals surface area contributed by atoms with Crippen LogP contribution in [0.15, 0.2) is 27.6 Å². The van der Waals surface area contributed by atoms with Crippen LogP contribution in [0.4, 0.5) is 5.69 Å². The standard InChI is InChI=1S/C15H19N3O3S/c1-9-6-12-7-13(22(16,19)20)4-5-15(12)18(9)8-14-10(2)17-21-11(14)3/h4-5,7,9H,6,8H2,1-3H3,(H2,16,19,20)/t9-/m1/s1. The van der Waals surface area contributed by atoms with Gasteiger partial charge in [-0.1, -0.05) is 5.16 Å². The largest absolute Gasteiger partial charge is 0.364 e. The van der Waals surface area contributed by atoms with Crippen molar-refractivity contribution in [1.82, 2.24) is 5.16 Å². The van der Waals surface area contributed by atoms with Gasteiger partial charge in [0, 0.05) is 23.8 Å². The molecule has 0 spiro atoms. The van der Waals surface area contributed by atoms with E-state index in [-0.39, 0.29) is 10.9 Å². The molecule has 0 bridgehead atoms. The maximum atomic E-state index is 11.5. The van der Waals surface area contributed by atoms with Gasteiger partial charge in [0.1, 0.15) is 5.76 Å². The third-order valence-corrected chi connectivity index (χ3v) is 5.16. The topological polar surface area (TPSA) is 89.4 Å². The first kappa shape index (κ1) is 15.1. The molecule has 6 nitrogen and oxygen atoms in total. The first-order valence-electron chi connectivity index (χ1n) is 7.11. The Bertz CT molecular complexity index is 807. The molecule has 0 amide bonds. The maximum Gasteiger partial charge on any atom is 0.238 e. The molecule has 1 aromatic carbocycles. The fraction of sp³-hybridized carbons (Fsp3) is 0.400. The van der Waals surface area contributed by atoms with Crippen LogP contribution in [0.25, 0.3) is 0 Å². The smallest absolute Gasteiger partial charge is 0.238 e.